The normalized spacial score (nSPS) is 10.5. The van der Waals surface area contributed by atoms with Crippen LogP contribution in [0.15, 0.2) is 53.6 Å². The third-order valence-corrected chi connectivity index (χ3v) is 3.13. The Morgan fingerprint density at radius 2 is 1.95 bits per heavy atom. The molecule has 2 aromatic rings. The summed E-state index contributed by atoms with van der Waals surface area (Å²) in [4.78, 5) is 0. The molecule has 0 aliphatic carbocycles. The number of nitrogens with one attached hydrogen (secondary N) is 2. The number of benzene rings is 2. The van der Waals surface area contributed by atoms with Crippen LogP contribution in [0.4, 0.5) is 4.39 Å². The number of hydrogen-bond donors (Lipinski definition) is 2. The summed E-state index contributed by atoms with van der Waals surface area (Å²) >= 11 is 4.90. The van der Waals surface area contributed by atoms with Crippen molar-refractivity contribution in [1.82, 2.24) is 10.7 Å². The third kappa shape index (κ3) is 4.82. The van der Waals surface area contributed by atoms with Crippen molar-refractivity contribution in [2.75, 3.05) is 7.05 Å². The summed E-state index contributed by atoms with van der Waals surface area (Å²) < 4.78 is 19.0. The van der Waals surface area contributed by atoms with Crippen LogP contribution in [0.5, 0.6) is 5.75 Å². The first kappa shape index (κ1) is 15.9. The molecule has 0 unspecified atom stereocenters. The van der Waals surface area contributed by atoms with Gasteiger partial charge in [-0.25, -0.2) is 4.39 Å². The Labute approximate surface area is 134 Å². The summed E-state index contributed by atoms with van der Waals surface area (Å²) in [7, 11) is 1.71. The molecule has 0 heterocycles. The van der Waals surface area contributed by atoms with Crippen molar-refractivity contribution < 1.29 is 9.13 Å². The minimum absolute atomic E-state index is 0.193. The lowest BCUT2D eigenvalue weighted by atomic mass is 10.2. The molecule has 0 aliphatic rings. The predicted octanol–water partition coefficient (Wildman–Crippen LogP) is 2.83. The fourth-order valence-electron chi connectivity index (χ4n) is 1.65. The summed E-state index contributed by atoms with van der Waals surface area (Å²) in [6, 6.07) is 13.9. The highest BCUT2D eigenvalue weighted by atomic mass is 32.1. The number of hydrogen-bond acceptors (Lipinski definition) is 3. The number of halogens is 1. The second-order valence-electron chi connectivity index (χ2n) is 4.40. The fraction of sp³-hybridized carbons (Fsp3) is 0.125. The van der Waals surface area contributed by atoms with Crippen LogP contribution >= 0.6 is 12.2 Å². The van der Waals surface area contributed by atoms with Gasteiger partial charge in [0.25, 0.3) is 0 Å². The van der Waals surface area contributed by atoms with Crippen LogP contribution in [0.25, 0.3) is 0 Å². The maximum absolute atomic E-state index is 13.5. The average molecular weight is 317 g/mol. The van der Waals surface area contributed by atoms with Gasteiger partial charge < -0.3 is 10.1 Å². The molecule has 0 radical (unpaired) electrons. The molecule has 0 amide bonds. The number of ether oxygens (including phenoxy) is 1. The highest BCUT2D eigenvalue weighted by molar-refractivity contribution is 7.80. The Morgan fingerprint density at radius 1 is 1.23 bits per heavy atom. The van der Waals surface area contributed by atoms with E-state index < -0.39 is 0 Å². The standard InChI is InChI=1S/C16H16FN3OS/c1-18-16(22)20-19-10-12-6-8-14(9-7-12)21-11-13-4-2-3-5-15(13)17/h2-10H,11H2,1H3,(H2,18,20,22)/b19-10-. The van der Waals surface area contributed by atoms with E-state index in [2.05, 4.69) is 15.8 Å². The van der Waals surface area contributed by atoms with E-state index in [-0.39, 0.29) is 12.4 Å². The quantitative estimate of drug-likeness (QED) is 0.506. The van der Waals surface area contributed by atoms with Crippen LogP contribution in [0.2, 0.25) is 0 Å². The van der Waals surface area contributed by atoms with Crippen molar-refractivity contribution in [3.63, 3.8) is 0 Å². The molecule has 2 rings (SSSR count). The monoisotopic (exact) mass is 317 g/mol. The Hall–Kier alpha value is -2.47. The molecule has 0 fully saturated rings. The van der Waals surface area contributed by atoms with Gasteiger partial charge in [-0.05, 0) is 48.1 Å². The molecule has 0 aromatic heterocycles. The van der Waals surface area contributed by atoms with Gasteiger partial charge in [0.1, 0.15) is 18.2 Å². The molecular formula is C16H16FN3OS. The Morgan fingerprint density at radius 3 is 2.64 bits per heavy atom. The van der Waals surface area contributed by atoms with Crippen LogP contribution in [-0.4, -0.2) is 18.4 Å². The van der Waals surface area contributed by atoms with E-state index in [1.54, 1.807) is 43.6 Å². The third-order valence-electron chi connectivity index (χ3n) is 2.84. The van der Waals surface area contributed by atoms with Crippen molar-refractivity contribution >= 4 is 23.5 Å². The van der Waals surface area contributed by atoms with Crippen molar-refractivity contribution in [2.45, 2.75) is 6.61 Å². The van der Waals surface area contributed by atoms with E-state index in [9.17, 15) is 4.39 Å². The van der Waals surface area contributed by atoms with E-state index in [1.807, 2.05) is 12.1 Å². The second kappa shape index (κ2) is 8.09. The van der Waals surface area contributed by atoms with Gasteiger partial charge in [0, 0.05) is 12.6 Å². The van der Waals surface area contributed by atoms with Gasteiger partial charge in [-0.15, -0.1) is 0 Å². The van der Waals surface area contributed by atoms with Gasteiger partial charge in [-0.1, -0.05) is 18.2 Å². The molecule has 4 nitrogen and oxygen atoms in total. The number of thiocarbonyl (C=S) groups is 1. The molecule has 0 aliphatic heterocycles. The first-order valence-corrected chi connectivity index (χ1v) is 7.07. The Bertz CT molecular complexity index is 659. The molecule has 114 valence electrons. The zero-order valence-electron chi connectivity index (χ0n) is 12.0. The molecule has 0 saturated heterocycles. The first-order chi connectivity index (χ1) is 10.7. The van der Waals surface area contributed by atoms with Crippen molar-refractivity contribution in [3.8, 4) is 5.75 Å². The van der Waals surface area contributed by atoms with E-state index in [0.29, 0.717) is 16.4 Å². The first-order valence-electron chi connectivity index (χ1n) is 6.66. The minimum atomic E-state index is -0.266. The predicted molar refractivity (Wildman–Crippen MR) is 89.6 cm³/mol. The summed E-state index contributed by atoms with van der Waals surface area (Å²) in [5.41, 5.74) is 4.08. The van der Waals surface area contributed by atoms with E-state index in [1.165, 1.54) is 6.07 Å². The molecule has 0 bridgehead atoms. The van der Waals surface area contributed by atoms with Gasteiger partial charge in [0.2, 0.25) is 0 Å². The number of rotatable bonds is 5. The summed E-state index contributed by atoms with van der Waals surface area (Å²) in [5.74, 6) is 0.400. The van der Waals surface area contributed by atoms with Gasteiger partial charge in [0.15, 0.2) is 5.11 Å². The molecule has 0 spiro atoms. The maximum atomic E-state index is 13.5. The molecular weight excluding hydrogens is 301 g/mol. The van der Waals surface area contributed by atoms with Crippen LogP contribution in [0, 0.1) is 5.82 Å². The molecule has 6 heteroatoms. The van der Waals surface area contributed by atoms with Gasteiger partial charge in [-0.3, -0.25) is 5.43 Å². The van der Waals surface area contributed by atoms with Crippen molar-refractivity contribution in [3.05, 3.63) is 65.5 Å². The van der Waals surface area contributed by atoms with Crippen molar-refractivity contribution in [1.29, 1.82) is 0 Å². The van der Waals surface area contributed by atoms with Gasteiger partial charge in [-0.2, -0.15) is 5.10 Å². The molecule has 0 atom stereocenters. The Balaban J connectivity index is 1.89. The van der Waals surface area contributed by atoms with Crippen LogP contribution in [-0.2, 0) is 6.61 Å². The smallest absolute Gasteiger partial charge is 0.186 e. The summed E-state index contributed by atoms with van der Waals surface area (Å²) in [6.07, 6.45) is 1.64. The average Bonchev–Trinajstić information content (AvgIpc) is 2.55. The molecule has 2 aromatic carbocycles. The minimum Gasteiger partial charge on any atom is -0.489 e. The molecule has 2 N–H and O–H groups in total. The van der Waals surface area contributed by atoms with E-state index in [4.69, 9.17) is 17.0 Å². The van der Waals surface area contributed by atoms with Crippen LogP contribution in [0.3, 0.4) is 0 Å². The lowest BCUT2D eigenvalue weighted by Crippen LogP contribution is -2.28. The van der Waals surface area contributed by atoms with Gasteiger partial charge in [0.05, 0.1) is 6.21 Å². The highest BCUT2D eigenvalue weighted by Crippen LogP contribution is 2.14. The lowest BCUT2D eigenvalue weighted by Gasteiger charge is -2.07. The van der Waals surface area contributed by atoms with Crippen LogP contribution < -0.4 is 15.5 Å². The van der Waals surface area contributed by atoms with E-state index in [0.717, 1.165) is 5.56 Å². The topological polar surface area (TPSA) is 45.7 Å². The number of hydrazone groups is 1. The van der Waals surface area contributed by atoms with E-state index >= 15 is 0 Å². The zero-order chi connectivity index (χ0) is 15.8. The SMILES string of the molecule is CNC(=S)N/N=C\c1ccc(OCc2ccccc2F)cc1. The second-order valence-corrected chi connectivity index (χ2v) is 4.81. The fourth-order valence-corrected chi connectivity index (χ4v) is 1.70. The van der Waals surface area contributed by atoms with Crippen LogP contribution in [0.1, 0.15) is 11.1 Å². The largest absolute Gasteiger partial charge is 0.489 e. The Kier molecular flexibility index (Phi) is 5.85. The zero-order valence-corrected chi connectivity index (χ0v) is 12.9. The highest BCUT2D eigenvalue weighted by Gasteiger charge is 2.01. The number of nitrogens with zero attached hydrogens (tertiary/aromatic N) is 1. The van der Waals surface area contributed by atoms with Crippen molar-refractivity contribution in [2.24, 2.45) is 5.10 Å². The molecule has 0 saturated carbocycles. The summed E-state index contributed by atoms with van der Waals surface area (Å²) in [5, 5.41) is 7.18. The van der Waals surface area contributed by atoms with Gasteiger partial charge >= 0.3 is 0 Å². The lowest BCUT2D eigenvalue weighted by molar-refractivity contribution is 0.300. The summed E-state index contributed by atoms with van der Waals surface area (Å²) in [6.45, 7) is 0.193. The maximum Gasteiger partial charge on any atom is 0.186 e. The molecule has 22 heavy (non-hydrogen) atoms.